The molecule has 3 aromatic carbocycles. The molecule has 222 valence electrons. The Hall–Kier alpha value is -4.38. The molecule has 0 aromatic heterocycles. The molecule has 3 amide bonds. The molecule has 3 aromatic rings. The smallest absolute Gasteiger partial charge is 0.318 e. The summed E-state index contributed by atoms with van der Waals surface area (Å²) >= 11 is 1.14. The van der Waals surface area contributed by atoms with Crippen molar-refractivity contribution in [1.29, 1.82) is 0 Å². The van der Waals surface area contributed by atoms with Crippen molar-refractivity contribution in [2.24, 2.45) is 0 Å². The van der Waals surface area contributed by atoms with E-state index in [4.69, 9.17) is 0 Å². The van der Waals surface area contributed by atoms with Gasteiger partial charge >= 0.3 is 6.03 Å². The normalized spacial score (nSPS) is 11.3. The van der Waals surface area contributed by atoms with E-state index in [2.05, 4.69) is 10.6 Å². The number of amides is 3. The zero-order chi connectivity index (χ0) is 30.3. The Morgan fingerprint density at radius 2 is 1.52 bits per heavy atom. The van der Waals surface area contributed by atoms with E-state index in [0.29, 0.717) is 43.9 Å². The van der Waals surface area contributed by atoms with E-state index in [-0.39, 0.29) is 23.1 Å². The van der Waals surface area contributed by atoms with Crippen LogP contribution in [0.25, 0.3) is 0 Å². The number of nitro groups is 1. The van der Waals surface area contributed by atoms with Gasteiger partial charge < -0.3 is 20.4 Å². The molecule has 3 rings (SSSR count). The van der Waals surface area contributed by atoms with E-state index in [1.165, 1.54) is 19.1 Å². The van der Waals surface area contributed by atoms with Crippen LogP contribution in [0.1, 0.15) is 18.1 Å². The number of nitrogens with zero attached hydrogens (tertiary/aromatic N) is 3. The van der Waals surface area contributed by atoms with Crippen molar-refractivity contribution in [2.75, 3.05) is 43.9 Å². The van der Waals surface area contributed by atoms with Crippen molar-refractivity contribution in [2.45, 2.75) is 25.8 Å². The fourth-order valence-corrected chi connectivity index (χ4v) is 4.84. The molecular formula is C31H37N5O5S. The molecule has 0 aliphatic heterocycles. The van der Waals surface area contributed by atoms with Gasteiger partial charge in [0, 0.05) is 70.1 Å². The Bertz CT molecular complexity index is 1310. The van der Waals surface area contributed by atoms with Crippen molar-refractivity contribution in [3.8, 4) is 0 Å². The van der Waals surface area contributed by atoms with Gasteiger partial charge in [-0.25, -0.2) is 4.79 Å². The molecule has 10 nitrogen and oxygen atoms in total. The third-order valence-corrected chi connectivity index (χ3v) is 7.40. The number of nitrogens with one attached hydrogen (secondary N) is 2. The molecule has 0 aliphatic rings. The van der Waals surface area contributed by atoms with Crippen LogP contribution in [-0.4, -0.2) is 71.9 Å². The number of rotatable bonds is 15. The lowest BCUT2D eigenvalue weighted by Gasteiger charge is -2.27. The second kappa shape index (κ2) is 16.8. The molecule has 0 saturated heterocycles. The first-order chi connectivity index (χ1) is 20.2. The largest absolute Gasteiger partial charge is 0.373 e. The Morgan fingerprint density at radius 3 is 2.14 bits per heavy atom. The molecule has 1 atom stereocenters. The maximum absolute atomic E-state index is 13.5. The van der Waals surface area contributed by atoms with Gasteiger partial charge in [-0.2, -0.15) is 0 Å². The minimum Gasteiger partial charge on any atom is -0.373 e. The summed E-state index contributed by atoms with van der Waals surface area (Å²) in [4.78, 5) is 52.6. The zero-order valence-electron chi connectivity index (χ0n) is 23.9. The number of anilines is 1. The molecule has 0 saturated carbocycles. The van der Waals surface area contributed by atoms with Gasteiger partial charge in [-0.1, -0.05) is 72.4 Å². The van der Waals surface area contributed by atoms with Gasteiger partial charge in [0.15, 0.2) is 5.12 Å². The first kappa shape index (κ1) is 32.1. The third-order valence-electron chi connectivity index (χ3n) is 6.61. The summed E-state index contributed by atoms with van der Waals surface area (Å²) in [6.07, 6.45) is 0.767. The summed E-state index contributed by atoms with van der Waals surface area (Å²) in [7, 11) is 1.93. The van der Waals surface area contributed by atoms with Crippen LogP contribution in [0.2, 0.25) is 0 Å². The number of carbonyl (C=O) groups excluding carboxylic acids is 3. The van der Waals surface area contributed by atoms with Crippen LogP contribution in [0.5, 0.6) is 0 Å². The summed E-state index contributed by atoms with van der Waals surface area (Å²) in [6, 6.07) is 24.2. The number of hydrogen-bond acceptors (Lipinski definition) is 7. The highest BCUT2D eigenvalue weighted by atomic mass is 32.2. The van der Waals surface area contributed by atoms with Crippen LogP contribution in [0, 0.1) is 10.1 Å². The minimum absolute atomic E-state index is 0.0330. The number of nitro benzene ring substituents is 1. The van der Waals surface area contributed by atoms with E-state index in [1.807, 2.05) is 72.6 Å². The molecule has 11 heteroatoms. The summed E-state index contributed by atoms with van der Waals surface area (Å²) in [5, 5.41) is 16.9. The van der Waals surface area contributed by atoms with E-state index in [1.54, 1.807) is 17.0 Å². The Morgan fingerprint density at radius 1 is 0.881 bits per heavy atom. The molecule has 0 fully saturated rings. The Labute approximate surface area is 250 Å². The fraction of sp³-hybridized carbons (Fsp3) is 0.323. The van der Waals surface area contributed by atoms with Gasteiger partial charge in [0.1, 0.15) is 6.04 Å². The highest BCUT2D eigenvalue weighted by Gasteiger charge is 2.24. The number of thioether (sulfide) groups is 1. The van der Waals surface area contributed by atoms with Gasteiger partial charge in [0.2, 0.25) is 5.91 Å². The lowest BCUT2D eigenvalue weighted by molar-refractivity contribution is -0.384. The van der Waals surface area contributed by atoms with Crippen LogP contribution in [0.15, 0.2) is 84.9 Å². The Kier molecular flexibility index (Phi) is 12.8. The van der Waals surface area contributed by atoms with Gasteiger partial charge in [-0.05, 0) is 29.7 Å². The number of para-hydroxylation sites is 1. The zero-order valence-corrected chi connectivity index (χ0v) is 24.7. The molecule has 0 spiro atoms. The monoisotopic (exact) mass is 591 g/mol. The number of benzene rings is 3. The lowest BCUT2D eigenvalue weighted by atomic mass is 10.0. The summed E-state index contributed by atoms with van der Waals surface area (Å²) in [6.45, 7) is 3.13. The lowest BCUT2D eigenvalue weighted by Crippen LogP contribution is -2.53. The molecule has 42 heavy (non-hydrogen) atoms. The van der Waals surface area contributed by atoms with Gasteiger partial charge in [0.05, 0.1) is 4.92 Å². The van der Waals surface area contributed by atoms with Crippen LogP contribution < -0.4 is 15.5 Å². The van der Waals surface area contributed by atoms with E-state index in [9.17, 15) is 24.5 Å². The summed E-state index contributed by atoms with van der Waals surface area (Å²) in [5.41, 5.74) is 2.70. The predicted octanol–water partition coefficient (Wildman–Crippen LogP) is 4.29. The highest BCUT2D eigenvalue weighted by Crippen LogP contribution is 2.14. The van der Waals surface area contributed by atoms with Crippen molar-refractivity contribution in [1.82, 2.24) is 15.5 Å². The topological polar surface area (TPSA) is 125 Å². The van der Waals surface area contributed by atoms with Crippen molar-refractivity contribution < 1.29 is 19.3 Å². The fourth-order valence-electron chi connectivity index (χ4n) is 4.24. The first-order valence-corrected chi connectivity index (χ1v) is 14.7. The van der Waals surface area contributed by atoms with Crippen LogP contribution in [0.3, 0.4) is 0 Å². The molecule has 2 N–H and O–H groups in total. The van der Waals surface area contributed by atoms with Crippen molar-refractivity contribution in [3.05, 3.63) is 106 Å². The van der Waals surface area contributed by atoms with Crippen molar-refractivity contribution in [3.63, 3.8) is 0 Å². The van der Waals surface area contributed by atoms with Gasteiger partial charge in [0.25, 0.3) is 5.69 Å². The van der Waals surface area contributed by atoms with Gasteiger partial charge in [-0.3, -0.25) is 19.7 Å². The number of likely N-dealkylation sites (N-methyl/N-ethyl adjacent to an activating group) is 1. The standard InChI is InChI=1S/C31H37N5O5S/c1-24(37)42-22-21-35(19-17-25-9-5-3-6-10-25)31(39)33-29(23-26-13-15-28(16-14-26)36(40)41)30(38)32-18-20-34(2)27-11-7-4-8-12-27/h3-16,29H,17-23H2,1-2H3,(H,32,38)(H,33,39)/t29-/m0/s1. The maximum Gasteiger partial charge on any atom is 0.318 e. The van der Waals surface area contributed by atoms with Gasteiger partial charge in [-0.15, -0.1) is 0 Å². The van der Waals surface area contributed by atoms with Crippen LogP contribution >= 0.6 is 11.8 Å². The molecule has 0 radical (unpaired) electrons. The van der Waals surface area contributed by atoms with E-state index >= 15 is 0 Å². The molecule has 0 heterocycles. The average Bonchev–Trinajstić information content (AvgIpc) is 2.99. The summed E-state index contributed by atoms with van der Waals surface area (Å²) in [5.74, 6) is 0.0760. The average molecular weight is 592 g/mol. The van der Waals surface area contributed by atoms with Crippen LogP contribution in [-0.2, 0) is 22.4 Å². The van der Waals surface area contributed by atoms with E-state index in [0.717, 1.165) is 23.0 Å². The number of hydrogen-bond donors (Lipinski definition) is 2. The molecule has 0 aliphatic carbocycles. The number of carbonyl (C=O) groups is 3. The highest BCUT2D eigenvalue weighted by molar-refractivity contribution is 8.13. The van der Waals surface area contributed by atoms with E-state index < -0.39 is 17.0 Å². The minimum atomic E-state index is -0.916. The first-order valence-electron chi connectivity index (χ1n) is 13.7. The molecular weight excluding hydrogens is 554 g/mol. The maximum atomic E-state index is 13.5. The predicted molar refractivity (Wildman–Crippen MR) is 167 cm³/mol. The quantitative estimate of drug-likeness (QED) is 0.200. The van der Waals surface area contributed by atoms with Crippen molar-refractivity contribution >= 4 is 40.2 Å². The second-order valence-corrected chi connectivity index (χ2v) is 11.0. The number of non-ortho nitro benzene ring substituents is 1. The third kappa shape index (κ3) is 10.9. The second-order valence-electron chi connectivity index (χ2n) is 9.74. The summed E-state index contributed by atoms with van der Waals surface area (Å²) < 4.78 is 0. The number of urea groups is 1. The van der Waals surface area contributed by atoms with Crippen LogP contribution in [0.4, 0.5) is 16.2 Å². The SMILES string of the molecule is CC(=O)SCCN(CCc1ccccc1)C(=O)N[C@@H](Cc1ccc([N+](=O)[O-])cc1)C(=O)NCCN(C)c1ccccc1. The molecule has 0 bridgehead atoms. The Balaban J connectivity index is 1.71. The molecule has 0 unspecified atom stereocenters.